The number of hydrogen-bond donors (Lipinski definition) is 3. The van der Waals surface area contributed by atoms with Gasteiger partial charge in [-0.15, -0.1) is 0 Å². The minimum atomic E-state index is -0.481. The predicted octanol–water partition coefficient (Wildman–Crippen LogP) is 0.173. The summed E-state index contributed by atoms with van der Waals surface area (Å²) in [5.41, 5.74) is 0.974. The van der Waals surface area contributed by atoms with Gasteiger partial charge in [0.05, 0.1) is 6.54 Å². The Morgan fingerprint density at radius 2 is 1.67 bits per heavy atom. The summed E-state index contributed by atoms with van der Waals surface area (Å²) < 4.78 is 4.96. The number of benzene rings is 1. The molecule has 9 nitrogen and oxygen atoms in total. The number of ether oxygens (including phenoxy) is 1. The molecule has 1 aromatic carbocycles. The van der Waals surface area contributed by atoms with E-state index in [0.29, 0.717) is 32.8 Å². The van der Waals surface area contributed by atoms with E-state index in [-0.39, 0.29) is 18.2 Å². The van der Waals surface area contributed by atoms with Crippen molar-refractivity contribution in [3.63, 3.8) is 0 Å². The van der Waals surface area contributed by atoms with Gasteiger partial charge in [0.2, 0.25) is 11.8 Å². The molecule has 2 rings (SSSR count). The number of carbonyl (C=O) groups is 3. The minimum absolute atomic E-state index is 0.0282. The van der Waals surface area contributed by atoms with Gasteiger partial charge in [-0.3, -0.25) is 19.8 Å². The number of nitrogens with one attached hydrogen (secondary N) is 3. The van der Waals surface area contributed by atoms with Gasteiger partial charge in [-0.25, -0.2) is 4.79 Å². The van der Waals surface area contributed by atoms with E-state index in [9.17, 15) is 14.4 Å². The highest BCUT2D eigenvalue weighted by Crippen LogP contribution is 2.02. The SMILES string of the molecule is COCCCNC(=O)CN1CCN(CCC(=O)NC(=O)NCc2ccccc2)CC1. The van der Waals surface area contributed by atoms with Gasteiger partial charge in [0.15, 0.2) is 0 Å². The van der Waals surface area contributed by atoms with E-state index in [1.54, 1.807) is 7.11 Å². The standard InChI is InChI=1S/C21H33N5O4/c1-30-15-5-9-22-20(28)17-26-13-11-25(12-14-26)10-8-19(27)24-21(29)23-16-18-6-3-2-4-7-18/h2-4,6-7H,5,8-17H2,1H3,(H,22,28)(H2,23,24,27,29). The summed E-state index contributed by atoms with van der Waals surface area (Å²) in [6, 6.07) is 9.04. The van der Waals surface area contributed by atoms with Crippen LogP contribution >= 0.6 is 0 Å². The molecule has 0 bridgehead atoms. The summed E-state index contributed by atoms with van der Waals surface area (Å²) in [7, 11) is 1.64. The summed E-state index contributed by atoms with van der Waals surface area (Å²) in [6.07, 6.45) is 1.07. The molecular weight excluding hydrogens is 386 g/mol. The summed E-state index contributed by atoms with van der Waals surface area (Å²) >= 11 is 0. The number of hydrogen-bond acceptors (Lipinski definition) is 6. The highest BCUT2D eigenvalue weighted by atomic mass is 16.5. The Morgan fingerprint density at radius 3 is 2.37 bits per heavy atom. The van der Waals surface area contributed by atoms with E-state index >= 15 is 0 Å². The van der Waals surface area contributed by atoms with Gasteiger partial charge < -0.3 is 20.3 Å². The fraction of sp³-hybridized carbons (Fsp3) is 0.571. The topological polar surface area (TPSA) is 103 Å². The normalized spacial score (nSPS) is 14.8. The molecule has 3 N–H and O–H groups in total. The Kier molecular flexibility index (Phi) is 10.8. The molecule has 1 aromatic rings. The van der Waals surface area contributed by atoms with Crippen molar-refractivity contribution in [2.75, 3.05) is 59.5 Å². The third-order valence-electron chi connectivity index (χ3n) is 4.88. The van der Waals surface area contributed by atoms with Gasteiger partial charge in [-0.05, 0) is 12.0 Å². The van der Waals surface area contributed by atoms with Crippen LogP contribution in [-0.2, 0) is 20.9 Å². The van der Waals surface area contributed by atoms with Gasteiger partial charge in [0.1, 0.15) is 0 Å². The Labute approximate surface area is 178 Å². The molecule has 0 unspecified atom stereocenters. The first kappa shape index (κ1) is 23.8. The lowest BCUT2D eigenvalue weighted by atomic mass is 10.2. The number of urea groups is 1. The maximum Gasteiger partial charge on any atom is 0.321 e. The summed E-state index contributed by atoms with van der Waals surface area (Å²) in [5.74, 6) is -0.265. The van der Waals surface area contributed by atoms with Crippen LogP contribution in [0, 0.1) is 0 Å². The van der Waals surface area contributed by atoms with E-state index in [1.165, 1.54) is 0 Å². The largest absolute Gasteiger partial charge is 0.385 e. The molecule has 9 heteroatoms. The molecule has 4 amide bonds. The van der Waals surface area contributed by atoms with Crippen molar-refractivity contribution in [3.8, 4) is 0 Å². The first-order chi connectivity index (χ1) is 14.6. The van der Waals surface area contributed by atoms with Crippen molar-refractivity contribution in [2.45, 2.75) is 19.4 Å². The van der Waals surface area contributed by atoms with Gasteiger partial charge >= 0.3 is 6.03 Å². The molecule has 1 aliphatic rings. The number of rotatable bonds is 11. The quantitative estimate of drug-likeness (QED) is 0.442. The number of amides is 4. The minimum Gasteiger partial charge on any atom is -0.385 e. The smallest absolute Gasteiger partial charge is 0.321 e. The fourth-order valence-electron chi connectivity index (χ4n) is 3.15. The monoisotopic (exact) mass is 419 g/mol. The molecule has 30 heavy (non-hydrogen) atoms. The zero-order valence-corrected chi connectivity index (χ0v) is 17.7. The Morgan fingerprint density at radius 1 is 0.967 bits per heavy atom. The summed E-state index contributed by atoms with van der Waals surface area (Å²) in [5, 5.41) is 7.93. The molecule has 0 spiro atoms. The second-order valence-corrected chi connectivity index (χ2v) is 7.28. The first-order valence-electron chi connectivity index (χ1n) is 10.4. The number of nitrogens with zero attached hydrogens (tertiary/aromatic N) is 2. The van der Waals surface area contributed by atoms with Crippen LogP contribution in [0.3, 0.4) is 0 Å². The van der Waals surface area contributed by atoms with Crippen LogP contribution in [0.1, 0.15) is 18.4 Å². The van der Waals surface area contributed by atoms with E-state index < -0.39 is 6.03 Å². The number of carbonyl (C=O) groups excluding carboxylic acids is 3. The summed E-state index contributed by atoms with van der Waals surface area (Å²) in [6.45, 7) is 5.78. The van der Waals surface area contributed by atoms with Gasteiger partial charge in [-0.2, -0.15) is 0 Å². The highest BCUT2D eigenvalue weighted by Gasteiger charge is 2.19. The van der Waals surface area contributed by atoms with Gasteiger partial charge in [0, 0.05) is 66.0 Å². The van der Waals surface area contributed by atoms with E-state index in [1.807, 2.05) is 30.3 Å². The van der Waals surface area contributed by atoms with E-state index in [0.717, 1.165) is 38.2 Å². The van der Waals surface area contributed by atoms with Crippen molar-refractivity contribution in [1.29, 1.82) is 0 Å². The average molecular weight is 420 g/mol. The van der Waals surface area contributed by atoms with Crippen LogP contribution in [-0.4, -0.2) is 87.2 Å². The highest BCUT2D eigenvalue weighted by molar-refractivity contribution is 5.94. The number of piperazine rings is 1. The molecule has 1 saturated heterocycles. The molecule has 0 aromatic heterocycles. The lowest BCUT2D eigenvalue weighted by Crippen LogP contribution is -2.50. The average Bonchev–Trinajstić information content (AvgIpc) is 2.75. The first-order valence-corrected chi connectivity index (χ1v) is 10.4. The van der Waals surface area contributed by atoms with Crippen LogP contribution in [0.15, 0.2) is 30.3 Å². The van der Waals surface area contributed by atoms with E-state index in [2.05, 4.69) is 25.8 Å². The molecule has 166 valence electrons. The third kappa shape index (κ3) is 9.82. The molecule has 0 saturated carbocycles. The second kappa shape index (κ2) is 13.7. The van der Waals surface area contributed by atoms with Crippen LogP contribution in [0.5, 0.6) is 0 Å². The summed E-state index contributed by atoms with van der Waals surface area (Å²) in [4.78, 5) is 40.0. The fourth-order valence-corrected chi connectivity index (χ4v) is 3.15. The lowest BCUT2D eigenvalue weighted by molar-refractivity contribution is -0.122. The lowest BCUT2D eigenvalue weighted by Gasteiger charge is -2.34. The van der Waals surface area contributed by atoms with Crippen molar-refractivity contribution in [1.82, 2.24) is 25.8 Å². The van der Waals surface area contributed by atoms with E-state index in [4.69, 9.17) is 4.74 Å². The molecular formula is C21H33N5O4. The van der Waals surface area contributed by atoms with Crippen LogP contribution < -0.4 is 16.0 Å². The zero-order valence-electron chi connectivity index (χ0n) is 17.7. The zero-order chi connectivity index (χ0) is 21.6. The van der Waals surface area contributed by atoms with Crippen molar-refractivity contribution in [3.05, 3.63) is 35.9 Å². The molecule has 1 heterocycles. The number of methoxy groups -OCH3 is 1. The molecule has 1 aliphatic heterocycles. The Hall–Kier alpha value is -2.49. The maximum absolute atomic E-state index is 12.0. The van der Waals surface area contributed by atoms with Crippen LogP contribution in [0.4, 0.5) is 4.79 Å². The van der Waals surface area contributed by atoms with Crippen LogP contribution in [0.2, 0.25) is 0 Å². The predicted molar refractivity (Wildman–Crippen MR) is 114 cm³/mol. The number of imide groups is 1. The molecule has 1 fully saturated rings. The van der Waals surface area contributed by atoms with Gasteiger partial charge in [0.25, 0.3) is 0 Å². The molecule has 0 aliphatic carbocycles. The van der Waals surface area contributed by atoms with Crippen molar-refractivity contribution < 1.29 is 19.1 Å². The van der Waals surface area contributed by atoms with Gasteiger partial charge in [-0.1, -0.05) is 30.3 Å². The van der Waals surface area contributed by atoms with Crippen LogP contribution in [0.25, 0.3) is 0 Å². The third-order valence-corrected chi connectivity index (χ3v) is 4.88. The van der Waals surface area contributed by atoms with Crippen molar-refractivity contribution >= 4 is 17.8 Å². The molecule has 0 atom stereocenters. The Bertz CT molecular complexity index is 663. The van der Waals surface area contributed by atoms with Crippen molar-refractivity contribution in [2.24, 2.45) is 0 Å². The molecule has 0 radical (unpaired) electrons. The second-order valence-electron chi connectivity index (χ2n) is 7.28. The maximum atomic E-state index is 12.0. The Balaban J connectivity index is 1.54.